The van der Waals surface area contributed by atoms with Crippen LogP contribution in [0.2, 0.25) is 0 Å². The topological polar surface area (TPSA) is 97.6 Å². The summed E-state index contributed by atoms with van der Waals surface area (Å²) in [5, 5.41) is 16.6. The Hall–Kier alpha value is -2.04. The molecule has 8 nitrogen and oxygen atoms in total. The van der Waals surface area contributed by atoms with Gasteiger partial charge in [0.15, 0.2) is 0 Å². The summed E-state index contributed by atoms with van der Waals surface area (Å²) in [6, 6.07) is 3.20. The normalized spacial score (nSPS) is 16.3. The summed E-state index contributed by atoms with van der Waals surface area (Å²) >= 11 is 0. The van der Waals surface area contributed by atoms with E-state index in [9.17, 15) is 12.8 Å². The van der Waals surface area contributed by atoms with Crippen LogP contribution in [0.3, 0.4) is 0 Å². The van der Waals surface area contributed by atoms with Crippen LogP contribution < -0.4 is 4.74 Å². The molecule has 0 radical (unpaired) electrons. The fourth-order valence-electron chi connectivity index (χ4n) is 2.34. The van der Waals surface area contributed by atoms with E-state index in [-0.39, 0.29) is 36.4 Å². The monoisotopic (exact) mass is 342 g/mol. The van der Waals surface area contributed by atoms with E-state index in [2.05, 4.69) is 10.3 Å². The van der Waals surface area contributed by atoms with Crippen molar-refractivity contribution >= 4 is 10.0 Å². The highest BCUT2D eigenvalue weighted by atomic mass is 32.2. The molecule has 1 N–H and O–H groups in total. The third-order valence-corrected chi connectivity index (χ3v) is 5.52. The van der Waals surface area contributed by atoms with Crippen molar-refractivity contribution in [3.8, 4) is 5.75 Å². The molecule has 1 aliphatic rings. The predicted octanol–water partition coefficient (Wildman–Crippen LogP) is 0.164. The standard InChI is InChI=1S/C13H15FN4O4S/c1-22-12-3-2-9(14)4-13(12)23(20,21)17-6-11(7-17)18-5-10(8-19)15-16-18/h2-5,11,19H,6-8H2,1H3. The maximum atomic E-state index is 13.4. The number of hydrogen-bond acceptors (Lipinski definition) is 6. The molecule has 0 unspecified atom stereocenters. The molecule has 0 saturated carbocycles. The van der Waals surface area contributed by atoms with Crippen LogP contribution in [0.4, 0.5) is 4.39 Å². The first-order chi connectivity index (χ1) is 11.0. The third-order valence-electron chi connectivity index (χ3n) is 3.67. The first-order valence-electron chi connectivity index (χ1n) is 6.81. The van der Waals surface area contributed by atoms with E-state index < -0.39 is 15.8 Å². The Morgan fingerprint density at radius 2 is 2.17 bits per heavy atom. The Morgan fingerprint density at radius 1 is 1.43 bits per heavy atom. The van der Waals surface area contributed by atoms with Gasteiger partial charge in [0.1, 0.15) is 22.2 Å². The van der Waals surface area contributed by atoms with Crippen molar-refractivity contribution in [1.29, 1.82) is 0 Å². The summed E-state index contributed by atoms with van der Waals surface area (Å²) in [6.45, 7) is 0.154. The largest absolute Gasteiger partial charge is 0.495 e. The van der Waals surface area contributed by atoms with Crippen molar-refractivity contribution in [3.63, 3.8) is 0 Å². The molecule has 10 heteroatoms. The minimum atomic E-state index is -3.85. The number of ether oxygens (including phenoxy) is 1. The van der Waals surface area contributed by atoms with E-state index in [4.69, 9.17) is 9.84 Å². The Balaban J connectivity index is 1.79. The highest BCUT2D eigenvalue weighted by molar-refractivity contribution is 7.89. The molecule has 1 fully saturated rings. The number of aliphatic hydroxyl groups excluding tert-OH is 1. The Kier molecular flexibility index (Phi) is 4.04. The number of sulfonamides is 1. The molecule has 1 aliphatic heterocycles. The van der Waals surface area contributed by atoms with Crippen LogP contribution in [0, 0.1) is 5.82 Å². The van der Waals surface area contributed by atoms with Crippen LogP contribution in [0.5, 0.6) is 5.75 Å². The number of nitrogens with zero attached hydrogens (tertiary/aromatic N) is 4. The van der Waals surface area contributed by atoms with Crippen molar-refractivity contribution in [2.24, 2.45) is 0 Å². The van der Waals surface area contributed by atoms with E-state index >= 15 is 0 Å². The molecule has 1 aromatic heterocycles. The zero-order valence-corrected chi connectivity index (χ0v) is 13.1. The van der Waals surface area contributed by atoms with E-state index in [1.807, 2.05) is 0 Å². The van der Waals surface area contributed by atoms with Gasteiger partial charge in [-0.2, -0.15) is 4.31 Å². The number of rotatable bonds is 5. The van der Waals surface area contributed by atoms with Crippen LogP contribution in [0.1, 0.15) is 11.7 Å². The van der Waals surface area contributed by atoms with Gasteiger partial charge < -0.3 is 9.84 Å². The molecule has 0 bridgehead atoms. The van der Waals surface area contributed by atoms with Crippen LogP contribution in [0.15, 0.2) is 29.3 Å². The lowest BCUT2D eigenvalue weighted by Crippen LogP contribution is -2.50. The minimum absolute atomic E-state index is 0.0955. The highest BCUT2D eigenvalue weighted by Gasteiger charge is 2.39. The lowest BCUT2D eigenvalue weighted by Gasteiger charge is -2.37. The number of methoxy groups -OCH3 is 1. The first kappa shape index (κ1) is 15.8. The average Bonchev–Trinajstić information content (AvgIpc) is 2.94. The van der Waals surface area contributed by atoms with Gasteiger partial charge in [0.2, 0.25) is 10.0 Å². The van der Waals surface area contributed by atoms with E-state index in [1.165, 1.54) is 22.2 Å². The van der Waals surface area contributed by atoms with Gasteiger partial charge in [-0.1, -0.05) is 5.21 Å². The van der Waals surface area contributed by atoms with Gasteiger partial charge in [-0.15, -0.1) is 5.10 Å². The van der Waals surface area contributed by atoms with Crippen molar-refractivity contribution < 1.29 is 22.7 Å². The molecular formula is C13H15FN4O4S. The Labute approximate surface area is 132 Å². The minimum Gasteiger partial charge on any atom is -0.495 e. The van der Waals surface area contributed by atoms with E-state index in [0.29, 0.717) is 5.69 Å². The van der Waals surface area contributed by atoms with Gasteiger partial charge in [-0.05, 0) is 18.2 Å². The molecule has 1 saturated heterocycles. The molecule has 1 aromatic carbocycles. The fraction of sp³-hybridized carbons (Fsp3) is 0.385. The number of halogens is 1. The molecule has 0 aliphatic carbocycles. The average molecular weight is 342 g/mol. The number of aromatic nitrogens is 3. The van der Waals surface area contributed by atoms with Gasteiger partial charge in [-0.3, -0.25) is 0 Å². The molecular weight excluding hydrogens is 327 g/mol. The SMILES string of the molecule is COc1ccc(F)cc1S(=O)(=O)N1CC(n2cc(CO)nn2)C1. The maximum absolute atomic E-state index is 13.4. The van der Waals surface area contributed by atoms with Gasteiger partial charge in [-0.25, -0.2) is 17.5 Å². The summed E-state index contributed by atoms with van der Waals surface area (Å²) in [6.07, 6.45) is 1.57. The zero-order chi connectivity index (χ0) is 16.6. The van der Waals surface area contributed by atoms with E-state index in [0.717, 1.165) is 12.1 Å². The molecule has 0 amide bonds. The summed E-state index contributed by atoms with van der Waals surface area (Å²) in [7, 11) is -2.52. The number of hydrogen-bond donors (Lipinski definition) is 1. The zero-order valence-electron chi connectivity index (χ0n) is 12.3. The summed E-state index contributed by atoms with van der Waals surface area (Å²) in [4.78, 5) is -0.201. The summed E-state index contributed by atoms with van der Waals surface area (Å²) in [5.41, 5.74) is 0.415. The highest BCUT2D eigenvalue weighted by Crippen LogP contribution is 2.32. The molecule has 2 heterocycles. The smallest absolute Gasteiger partial charge is 0.247 e. The van der Waals surface area contributed by atoms with Crippen molar-refractivity contribution in [1.82, 2.24) is 19.3 Å². The second kappa shape index (κ2) is 5.87. The number of benzene rings is 1. The predicted molar refractivity (Wildman–Crippen MR) is 76.7 cm³/mol. The lowest BCUT2D eigenvalue weighted by atomic mass is 10.2. The van der Waals surface area contributed by atoms with Crippen molar-refractivity contribution in [3.05, 3.63) is 35.9 Å². The second-order valence-electron chi connectivity index (χ2n) is 5.12. The summed E-state index contributed by atoms with van der Waals surface area (Å²) in [5.74, 6) is -0.552. The van der Waals surface area contributed by atoms with Crippen molar-refractivity contribution in [2.45, 2.75) is 17.5 Å². The Morgan fingerprint density at radius 3 is 2.78 bits per heavy atom. The third kappa shape index (κ3) is 2.80. The van der Waals surface area contributed by atoms with Crippen LogP contribution in [0.25, 0.3) is 0 Å². The summed E-state index contributed by atoms with van der Waals surface area (Å²) < 4.78 is 46.3. The van der Waals surface area contributed by atoms with Crippen LogP contribution >= 0.6 is 0 Å². The maximum Gasteiger partial charge on any atom is 0.247 e. The first-order valence-corrected chi connectivity index (χ1v) is 8.25. The molecule has 3 rings (SSSR count). The molecule has 0 spiro atoms. The Bertz CT molecular complexity index is 817. The van der Waals surface area contributed by atoms with Crippen LogP contribution in [-0.4, -0.2) is 53.0 Å². The molecule has 124 valence electrons. The quantitative estimate of drug-likeness (QED) is 0.831. The second-order valence-corrected chi connectivity index (χ2v) is 7.03. The van der Waals surface area contributed by atoms with Gasteiger partial charge in [0.25, 0.3) is 0 Å². The lowest BCUT2D eigenvalue weighted by molar-refractivity contribution is 0.188. The van der Waals surface area contributed by atoms with Gasteiger partial charge in [0, 0.05) is 13.1 Å². The van der Waals surface area contributed by atoms with Gasteiger partial charge >= 0.3 is 0 Å². The molecule has 0 atom stereocenters. The molecule has 23 heavy (non-hydrogen) atoms. The van der Waals surface area contributed by atoms with Crippen molar-refractivity contribution in [2.75, 3.05) is 20.2 Å². The van der Waals surface area contributed by atoms with Gasteiger partial charge in [0.05, 0.1) is 26.0 Å². The molecule has 2 aromatic rings. The number of aliphatic hydroxyl groups is 1. The van der Waals surface area contributed by atoms with Crippen LogP contribution in [-0.2, 0) is 16.6 Å². The fourth-order valence-corrected chi connectivity index (χ4v) is 4.02. The van der Waals surface area contributed by atoms with E-state index in [1.54, 1.807) is 6.20 Å².